The van der Waals surface area contributed by atoms with Gasteiger partial charge >= 0.3 is 0 Å². The molecule has 2 aromatic rings. The van der Waals surface area contributed by atoms with Crippen molar-refractivity contribution < 1.29 is 4.74 Å². The van der Waals surface area contributed by atoms with E-state index in [0.717, 1.165) is 36.4 Å². The maximum atomic E-state index is 6.03. The summed E-state index contributed by atoms with van der Waals surface area (Å²) < 4.78 is 5.76. The molecule has 23 heavy (non-hydrogen) atoms. The second-order valence-electron chi connectivity index (χ2n) is 5.54. The maximum Gasteiger partial charge on any atom is 0.142 e. The van der Waals surface area contributed by atoms with Crippen LogP contribution in [-0.4, -0.2) is 6.54 Å². The summed E-state index contributed by atoms with van der Waals surface area (Å²) >= 11 is 0. The van der Waals surface area contributed by atoms with Gasteiger partial charge in [-0.1, -0.05) is 56.7 Å². The van der Waals surface area contributed by atoms with Crippen LogP contribution in [0, 0.1) is 0 Å². The monoisotopic (exact) mass is 314 g/mol. The first-order valence-corrected chi connectivity index (χ1v) is 8.46. The molecule has 3 heteroatoms. The van der Waals surface area contributed by atoms with E-state index in [2.05, 4.69) is 19.9 Å². The second kappa shape index (κ2) is 11.6. The van der Waals surface area contributed by atoms with Gasteiger partial charge in [0.05, 0.1) is 5.69 Å². The van der Waals surface area contributed by atoms with Crippen molar-refractivity contribution in [2.45, 2.75) is 46.1 Å². The van der Waals surface area contributed by atoms with Crippen molar-refractivity contribution >= 4 is 5.69 Å². The molecule has 126 valence electrons. The highest BCUT2D eigenvalue weighted by atomic mass is 16.5. The number of nitrogen functional groups attached to an aromatic ring is 1. The normalized spacial score (nSPS) is 9.87. The Labute approximate surface area is 140 Å². The molecule has 0 bridgehead atoms. The fraction of sp³-hybridized carbons (Fsp3) is 0.400. The molecule has 0 aromatic heterocycles. The highest BCUT2D eigenvalue weighted by Gasteiger charge is 2.02. The summed E-state index contributed by atoms with van der Waals surface area (Å²) in [6.07, 6.45) is 4.58. The SMILES string of the molecule is CCCCc1ccc(OCc2ccccc2)c(N)c1.CCCN. The fourth-order valence-electron chi connectivity index (χ4n) is 2.00. The largest absolute Gasteiger partial charge is 0.487 e. The maximum absolute atomic E-state index is 6.03. The standard InChI is InChI=1S/C17H21NO.C3H9N/c1-2-3-7-14-10-11-17(16(18)12-14)19-13-15-8-5-4-6-9-15;1-2-3-4/h4-6,8-12H,2-3,7,13,18H2,1H3;2-4H2,1H3. The molecule has 0 aliphatic heterocycles. The van der Waals surface area contributed by atoms with Gasteiger partial charge in [0.15, 0.2) is 0 Å². The Hall–Kier alpha value is -2.00. The van der Waals surface area contributed by atoms with Crippen LogP contribution in [0.4, 0.5) is 5.69 Å². The number of hydrogen-bond donors (Lipinski definition) is 2. The van der Waals surface area contributed by atoms with Crippen molar-refractivity contribution in [1.29, 1.82) is 0 Å². The van der Waals surface area contributed by atoms with Gasteiger partial charge in [0, 0.05) is 0 Å². The van der Waals surface area contributed by atoms with E-state index in [0.29, 0.717) is 6.61 Å². The predicted octanol–water partition coefficient (Wildman–Crippen LogP) is 4.55. The van der Waals surface area contributed by atoms with Crippen LogP contribution in [0.15, 0.2) is 48.5 Å². The van der Waals surface area contributed by atoms with E-state index in [9.17, 15) is 0 Å². The Balaban J connectivity index is 0.000000593. The molecule has 0 atom stereocenters. The van der Waals surface area contributed by atoms with Crippen molar-refractivity contribution in [1.82, 2.24) is 0 Å². The highest BCUT2D eigenvalue weighted by Crippen LogP contribution is 2.24. The van der Waals surface area contributed by atoms with E-state index in [1.807, 2.05) is 42.5 Å². The van der Waals surface area contributed by atoms with Gasteiger partial charge in [0.2, 0.25) is 0 Å². The molecule has 0 spiro atoms. The van der Waals surface area contributed by atoms with Crippen LogP contribution < -0.4 is 16.2 Å². The van der Waals surface area contributed by atoms with Crippen LogP contribution in [0.25, 0.3) is 0 Å². The zero-order valence-electron chi connectivity index (χ0n) is 14.4. The summed E-state index contributed by atoms with van der Waals surface area (Å²) in [5, 5.41) is 0. The number of anilines is 1. The third-order valence-electron chi connectivity index (χ3n) is 3.42. The summed E-state index contributed by atoms with van der Waals surface area (Å²) in [6, 6.07) is 16.2. The number of ether oxygens (including phenoxy) is 1. The van der Waals surface area contributed by atoms with Crippen molar-refractivity contribution in [3.8, 4) is 5.75 Å². The van der Waals surface area contributed by atoms with Crippen molar-refractivity contribution in [3.63, 3.8) is 0 Å². The van der Waals surface area contributed by atoms with E-state index in [1.165, 1.54) is 18.4 Å². The molecule has 0 unspecified atom stereocenters. The van der Waals surface area contributed by atoms with Gasteiger partial charge in [0.1, 0.15) is 12.4 Å². The Kier molecular flexibility index (Phi) is 9.57. The number of benzene rings is 2. The molecule has 2 rings (SSSR count). The number of rotatable bonds is 7. The molecule has 4 N–H and O–H groups in total. The van der Waals surface area contributed by atoms with Crippen molar-refractivity contribution in [3.05, 3.63) is 59.7 Å². The van der Waals surface area contributed by atoms with E-state index in [-0.39, 0.29) is 0 Å². The third kappa shape index (κ3) is 7.71. The Bertz CT molecular complexity index is 539. The minimum atomic E-state index is 0.555. The molecule has 0 radical (unpaired) electrons. The summed E-state index contributed by atoms with van der Waals surface area (Å²) in [6.45, 7) is 5.63. The molecule has 0 heterocycles. The Morgan fingerprint density at radius 1 is 0.913 bits per heavy atom. The molecular formula is C20H30N2O. The first-order valence-electron chi connectivity index (χ1n) is 8.46. The average molecular weight is 314 g/mol. The summed E-state index contributed by atoms with van der Waals surface area (Å²) in [4.78, 5) is 0. The molecule has 0 fully saturated rings. The van der Waals surface area contributed by atoms with Gasteiger partial charge in [-0.05, 0) is 49.1 Å². The average Bonchev–Trinajstić information content (AvgIpc) is 2.60. The molecular weight excluding hydrogens is 284 g/mol. The van der Waals surface area contributed by atoms with E-state index < -0.39 is 0 Å². The van der Waals surface area contributed by atoms with Crippen molar-refractivity contribution in [2.75, 3.05) is 12.3 Å². The van der Waals surface area contributed by atoms with E-state index in [1.54, 1.807) is 0 Å². The van der Waals surface area contributed by atoms with Gasteiger partial charge in [-0.15, -0.1) is 0 Å². The number of nitrogens with two attached hydrogens (primary N) is 2. The number of aryl methyl sites for hydroxylation is 1. The smallest absolute Gasteiger partial charge is 0.142 e. The minimum absolute atomic E-state index is 0.555. The van der Waals surface area contributed by atoms with Crippen LogP contribution in [0.5, 0.6) is 5.75 Å². The second-order valence-corrected chi connectivity index (χ2v) is 5.54. The predicted molar refractivity (Wildman–Crippen MR) is 99.6 cm³/mol. The molecule has 0 saturated carbocycles. The highest BCUT2D eigenvalue weighted by molar-refractivity contribution is 5.54. The molecule has 0 amide bonds. The molecule has 0 aliphatic rings. The molecule has 0 saturated heterocycles. The lowest BCUT2D eigenvalue weighted by atomic mass is 10.1. The summed E-state index contributed by atoms with van der Waals surface area (Å²) in [5.41, 5.74) is 14.2. The number of hydrogen-bond acceptors (Lipinski definition) is 3. The Morgan fingerprint density at radius 3 is 2.17 bits per heavy atom. The van der Waals surface area contributed by atoms with Gasteiger partial charge in [-0.25, -0.2) is 0 Å². The summed E-state index contributed by atoms with van der Waals surface area (Å²) in [5.74, 6) is 0.768. The van der Waals surface area contributed by atoms with Crippen LogP contribution in [-0.2, 0) is 13.0 Å². The lowest BCUT2D eigenvalue weighted by Gasteiger charge is -2.10. The first kappa shape index (κ1) is 19.0. The first-order chi connectivity index (χ1) is 11.2. The minimum Gasteiger partial charge on any atom is -0.487 e. The van der Waals surface area contributed by atoms with E-state index >= 15 is 0 Å². The molecule has 2 aromatic carbocycles. The van der Waals surface area contributed by atoms with Gasteiger partial charge in [-0.2, -0.15) is 0 Å². The van der Waals surface area contributed by atoms with Gasteiger partial charge in [0.25, 0.3) is 0 Å². The molecule has 3 nitrogen and oxygen atoms in total. The zero-order chi connectivity index (χ0) is 16.9. The number of unbranched alkanes of at least 4 members (excludes halogenated alkanes) is 1. The van der Waals surface area contributed by atoms with Gasteiger partial charge < -0.3 is 16.2 Å². The summed E-state index contributed by atoms with van der Waals surface area (Å²) in [7, 11) is 0. The third-order valence-corrected chi connectivity index (χ3v) is 3.42. The zero-order valence-corrected chi connectivity index (χ0v) is 14.4. The fourth-order valence-corrected chi connectivity index (χ4v) is 2.00. The topological polar surface area (TPSA) is 61.3 Å². The van der Waals surface area contributed by atoms with Crippen LogP contribution in [0.3, 0.4) is 0 Å². The van der Waals surface area contributed by atoms with Crippen molar-refractivity contribution in [2.24, 2.45) is 5.73 Å². The van der Waals surface area contributed by atoms with Crippen LogP contribution >= 0.6 is 0 Å². The quantitative estimate of drug-likeness (QED) is 0.737. The van der Waals surface area contributed by atoms with Crippen LogP contribution in [0.2, 0.25) is 0 Å². The van der Waals surface area contributed by atoms with E-state index in [4.69, 9.17) is 16.2 Å². The van der Waals surface area contributed by atoms with Gasteiger partial charge in [-0.3, -0.25) is 0 Å². The Morgan fingerprint density at radius 2 is 1.61 bits per heavy atom. The lowest BCUT2D eigenvalue weighted by Crippen LogP contribution is -1.99. The lowest BCUT2D eigenvalue weighted by molar-refractivity contribution is 0.308. The van der Waals surface area contributed by atoms with Crippen LogP contribution in [0.1, 0.15) is 44.2 Å². The molecule has 0 aliphatic carbocycles.